The molecule has 0 aliphatic carbocycles. The molecule has 7 nitrogen and oxygen atoms in total. The highest BCUT2D eigenvalue weighted by molar-refractivity contribution is 7.89. The molecule has 0 aliphatic rings. The van der Waals surface area contributed by atoms with Gasteiger partial charge in [0.15, 0.2) is 0 Å². The maximum absolute atomic E-state index is 12.5. The average Bonchev–Trinajstić information content (AvgIpc) is 2.34. The molecule has 0 aliphatic heterocycles. The van der Waals surface area contributed by atoms with Crippen molar-refractivity contribution in [2.75, 3.05) is 18.8 Å². The number of hydrogen-bond donors (Lipinski definition) is 3. The number of nitrogen functional groups attached to an aromatic ring is 1. The first kappa shape index (κ1) is 17.4. The summed E-state index contributed by atoms with van der Waals surface area (Å²) >= 11 is 0. The van der Waals surface area contributed by atoms with Gasteiger partial charge in [0.05, 0.1) is 16.9 Å². The van der Waals surface area contributed by atoms with Gasteiger partial charge in [-0.05, 0) is 32.0 Å². The SMILES string of the molecule is CCN(CC(C)(C)O)S(=O)(=O)c1ccc(C(=O)O)cc1N. The molecular formula is C13H20N2O5S. The van der Waals surface area contributed by atoms with E-state index >= 15 is 0 Å². The third-order valence-corrected chi connectivity index (χ3v) is 4.79. The second-order valence-electron chi connectivity index (χ2n) is 5.30. The van der Waals surface area contributed by atoms with Crippen LogP contribution in [0.1, 0.15) is 31.1 Å². The van der Waals surface area contributed by atoms with E-state index in [-0.39, 0.29) is 29.2 Å². The van der Waals surface area contributed by atoms with E-state index in [2.05, 4.69) is 0 Å². The summed E-state index contributed by atoms with van der Waals surface area (Å²) in [6.07, 6.45) is 0. The van der Waals surface area contributed by atoms with Gasteiger partial charge in [0.25, 0.3) is 0 Å². The summed E-state index contributed by atoms with van der Waals surface area (Å²) in [5.74, 6) is -1.19. The van der Waals surface area contributed by atoms with Gasteiger partial charge in [0.1, 0.15) is 4.90 Å². The van der Waals surface area contributed by atoms with E-state index in [9.17, 15) is 18.3 Å². The van der Waals surface area contributed by atoms with Crippen LogP contribution in [-0.2, 0) is 10.0 Å². The molecule has 4 N–H and O–H groups in total. The first-order valence-corrected chi connectivity index (χ1v) is 7.78. The van der Waals surface area contributed by atoms with Crippen molar-refractivity contribution in [3.05, 3.63) is 23.8 Å². The molecule has 0 atom stereocenters. The molecule has 0 heterocycles. The normalized spacial score (nSPS) is 12.6. The zero-order valence-corrected chi connectivity index (χ0v) is 13.0. The van der Waals surface area contributed by atoms with Crippen molar-refractivity contribution in [2.45, 2.75) is 31.3 Å². The standard InChI is InChI=1S/C13H20N2O5S/c1-4-15(8-13(2,3)18)21(19,20)11-6-5-9(12(16)17)7-10(11)14/h5-7,18H,4,8,14H2,1-3H3,(H,16,17). The van der Waals surface area contributed by atoms with Gasteiger partial charge in [0.2, 0.25) is 10.0 Å². The molecule has 0 amide bonds. The van der Waals surface area contributed by atoms with Crippen LogP contribution < -0.4 is 5.73 Å². The van der Waals surface area contributed by atoms with Crippen LogP contribution in [0.3, 0.4) is 0 Å². The Morgan fingerprint density at radius 3 is 2.33 bits per heavy atom. The van der Waals surface area contributed by atoms with Crippen molar-refractivity contribution < 1.29 is 23.4 Å². The summed E-state index contributed by atoms with van der Waals surface area (Å²) in [5.41, 5.74) is 4.25. The van der Waals surface area contributed by atoms with Crippen LogP contribution in [0.4, 0.5) is 5.69 Å². The predicted molar refractivity (Wildman–Crippen MR) is 78.5 cm³/mol. The number of benzene rings is 1. The zero-order chi connectivity index (χ0) is 16.4. The van der Waals surface area contributed by atoms with Crippen LogP contribution in [-0.4, -0.2) is 47.6 Å². The molecule has 0 unspecified atom stereocenters. The Bertz CT molecular complexity index is 634. The number of aliphatic hydroxyl groups is 1. The van der Waals surface area contributed by atoms with E-state index in [1.165, 1.54) is 26.0 Å². The average molecular weight is 316 g/mol. The summed E-state index contributed by atoms with van der Waals surface area (Å²) in [6, 6.07) is 3.46. The number of hydrogen-bond acceptors (Lipinski definition) is 5. The smallest absolute Gasteiger partial charge is 0.335 e. The molecule has 0 fully saturated rings. The van der Waals surface area contributed by atoms with Crippen molar-refractivity contribution in [1.82, 2.24) is 4.31 Å². The fraction of sp³-hybridized carbons (Fsp3) is 0.462. The third kappa shape index (κ3) is 4.16. The van der Waals surface area contributed by atoms with E-state index in [4.69, 9.17) is 10.8 Å². The molecule has 1 aromatic rings. The summed E-state index contributed by atoms with van der Waals surface area (Å²) in [7, 11) is -3.90. The monoisotopic (exact) mass is 316 g/mol. The predicted octanol–water partition coefficient (Wildman–Crippen LogP) is 0.748. The van der Waals surface area contributed by atoms with Gasteiger partial charge < -0.3 is 15.9 Å². The fourth-order valence-electron chi connectivity index (χ4n) is 1.85. The molecule has 8 heteroatoms. The van der Waals surface area contributed by atoms with Crippen LogP contribution in [0.2, 0.25) is 0 Å². The Morgan fingerprint density at radius 1 is 1.38 bits per heavy atom. The maximum atomic E-state index is 12.5. The molecule has 0 saturated carbocycles. The molecule has 1 aromatic carbocycles. The summed E-state index contributed by atoms with van der Waals surface area (Å²) in [5, 5.41) is 18.7. The lowest BCUT2D eigenvalue weighted by atomic mass is 10.1. The number of rotatable bonds is 6. The summed E-state index contributed by atoms with van der Waals surface area (Å²) < 4.78 is 26.2. The Kier molecular flexibility index (Phi) is 4.98. The van der Waals surface area contributed by atoms with Gasteiger partial charge in [-0.2, -0.15) is 4.31 Å². The Hall–Kier alpha value is -1.64. The topological polar surface area (TPSA) is 121 Å². The van der Waals surface area contributed by atoms with Crippen LogP contribution in [0.25, 0.3) is 0 Å². The first-order valence-electron chi connectivity index (χ1n) is 6.34. The van der Waals surface area contributed by atoms with Crippen molar-refractivity contribution in [2.24, 2.45) is 0 Å². The van der Waals surface area contributed by atoms with Gasteiger partial charge in [0, 0.05) is 13.1 Å². The van der Waals surface area contributed by atoms with E-state index in [0.29, 0.717) is 0 Å². The third-order valence-electron chi connectivity index (χ3n) is 2.79. The van der Waals surface area contributed by atoms with E-state index in [1.54, 1.807) is 6.92 Å². The van der Waals surface area contributed by atoms with Crippen molar-refractivity contribution in [3.63, 3.8) is 0 Å². The first-order chi connectivity index (χ1) is 9.49. The lowest BCUT2D eigenvalue weighted by Gasteiger charge is -2.27. The maximum Gasteiger partial charge on any atom is 0.335 e. The minimum atomic E-state index is -3.90. The molecule has 1 rings (SSSR count). The lowest BCUT2D eigenvalue weighted by molar-refractivity contribution is 0.0601. The highest BCUT2D eigenvalue weighted by Gasteiger charge is 2.30. The van der Waals surface area contributed by atoms with Crippen LogP contribution >= 0.6 is 0 Å². The molecular weight excluding hydrogens is 296 g/mol. The van der Waals surface area contributed by atoms with Gasteiger partial charge in [-0.1, -0.05) is 6.92 Å². The fourth-order valence-corrected chi connectivity index (χ4v) is 3.55. The summed E-state index contributed by atoms with van der Waals surface area (Å²) in [4.78, 5) is 10.7. The molecule has 21 heavy (non-hydrogen) atoms. The van der Waals surface area contributed by atoms with Gasteiger partial charge in [-0.3, -0.25) is 0 Å². The minimum absolute atomic E-state index is 0.0861. The minimum Gasteiger partial charge on any atom is -0.478 e. The quantitative estimate of drug-likeness (QED) is 0.666. The van der Waals surface area contributed by atoms with Gasteiger partial charge in [-0.15, -0.1) is 0 Å². The number of aromatic carboxylic acids is 1. The second kappa shape index (κ2) is 6.00. The molecule has 0 bridgehead atoms. The van der Waals surface area contributed by atoms with E-state index in [1.807, 2.05) is 0 Å². The van der Waals surface area contributed by atoms with E-state index in [0.717, 1.165) is 10.4 Å². The molecule has 0 saturated heterocycles. The van der Waals surface area contributed by atoms with Crippen molar-refractivity contribution >= 4 is 21.7 Å². The van der Waals surface area contributed by atoms with Gasteiger partial charge in [-0.25, -0.2) is 13.2 Å². The number of carbonyl (C=O) groups is 1. The summed E-state index contributed by atoms with van der Waals surface area (Å²) in [6.45, 7) is 4.72. The number of likely N-dealkylation sites (N-methyl/N-ethyl adjacent to an activating group) is 1. The van der Waals surface area contributed by atoms with E-state index < -0.39 is 21.6 Å². The number of carboxylic acid groups (broad SMARTS) is 1. The number of sulfonamides is 1. The molecule has 0 radical (unpaired) electrons. The second-order valence-corrected chi connectivity index (χ2v) is 7.21. The molecule has 118 valence electrons. The van der Waals surface area contributed by atoms with Crippen LogP contribution in [0.5, 0.6) is 0 Å². The Morgan fingerprint density at radius 2 is 1.95 bits per heavy atom. The molecule has 0 spiro atoms. The van der Waals surface area contributed by atoms with Gasteiger partial charge >= 0.3 is 5.97 Å². The zero-order valence-electron chi connectivity index (χ0n) is 12.2. The number of anilines is 1. The number of nitrogens with zero attached hydrogens (tertiary/aromatic N) is 1. The van der Waals surface area contributed by atoms with Crippen molar-refractivity contribution in [1.29, 1.82) is 0 Å². The molecule has 0 aromatic heterocycles. The van der Waals surface area contributed by atoms with Crippen molar-refractivity contribution in [3.8, 4) is 0 Å². The lowest BCUT2D eigenvalue weighted by Crippen LogP contribution is -2.42. The Balaban J connectivity index is 3.26. The highest BCUT2D eigenvalue weighted by Crippen LogP contribution is 2.24. The number of nitrogens with two attached hydrogens (primary N) is 1. The number of carboxylic acids is 1. The Labute approximate surface area is 124 Å². The van der Waals surface area contributed by atoms with Crippen LogP contribution in [0.15, 0.2) is 23.1 Å². The largest absolute Gasteiger partial charge is 0.478 e. The highest BCUT2D eigenvalue weighted by atomic mass is 32.2. The van der Waals surface area contributed by atoms with Crippen LogP contribution in [0, 0.1) is 0 Å².